The predicted octanol–water partition coefficient (Wildman–Crippen LogP) is -0.969. The number of rotatable bonds is 1. The van der Waals surface area contributed by atoms with Crippen LogP contribution in [0.15, 0.2) is 66.7 Å². The molecule has 0 saturated heterocycles. The molecule has 0 nitrogen and oxygen atoms in total. The maximum Gasteiger partial charge on any atom is 4.00 e. The van der Waals surface area contributed by atoms with Gasteiger partial charge < -0.3 is 24.8 Å². The SMILES string of the molecule is CC[c-]1cccc1.[Cl-].[Cl-].[Hf+4].[c-]1cccc2c1Cc1ccccc1-2. The van der Waals surface area contributed by atoms with E-state index in [9.17, 15) is 0 Å². The van der Waals surface area contributed by atoms with Crippen molar-refractivity contribution in [3.63, 3.8) is 0 Å². The van der Waals surface area contributed by atoms with E-state index in [1.165, 1.54) is 27.8 Å². The molecule has 3 aromatic carbocycles. The average Bonchev–Trinajstić information content (AvgIpc) is 3.15. The molecule has 23 heavy (non-hydrogen) atoms. The van der Waals surface area contributed by atoms with E-state index < -0.39 is 0 Å². The number of hydrogen-bond acceptors (Lipinski definition) is 0. The molecule has 3 aromatic rings. The zero-order chi connectivity index (χ0) is 13.8. The summed E-state index contributed by atoms with van der Waals surface area (Å²) < 4.78 is 0. The molecule has 1 aliphatic carbocycles. The minimum absolute atomic E-state index is 0. The Labute approximate surface area is 170 Å². The van der Waals surface area contributed by atoms with E-state index >= 15 is 0 Å². The first-order chi connectivity index (χ1) is 9.88. The van der Waals surface area contributed by atoms with E-state index in [1.54, 1.807) is 0 Å². The minimum atomic E-state index is 0. The Balaban J connectivity index is 0.000000426. The third kappa shape index (κ3) is 5.38. The molecule has 0 saturated carbocycles. The number of benzene rings is 2. The summed E-state index contributed by atoms with van der Waals surface area (Å²) in [6, 6.07) is 26.5. The molecule has 0 N–H and O–H groups in total. The van der Waals surface area contributed by atoms with Gasteiger partial charge in [0.25, 0.3) is 0 Å². The Morgan fingerprint density at radius 1 is 0.913 bits per heavy atom. The van der Waals surface area contributed by atoms with Crippen molar-refractivity contribution in [2.75, 3.05) is 0 Å². The molecule has 0 aliphatic heterocycles. The summed E-state index contributed by atoms with van der Waals surface area (Å²) in [5.74, 6) is 0. The van der Waals surface area contributed by atoms with Crippen LogP contribution in [0.25, 0.3) is 11.1 Å². The molecule has 0 bridgehead atoms. The van der Waals surface area contributed by atoms with Gasteiger partial charge in [-0.3, -0.25) is 0 Å². The van der Waals surface area contributed by atoms with Gasteiger partial charge in [-0.05, 0) is 6.42 Å². The van der Waals surface area contributed by atoms with Crippen LogP contribution >= 0.6 is 0 Å². The fourth-order valence-corrected chi connectivity index (χ4v) is 2.65. The molecular weight excluding hydrogens is 490 g/mol. The van der Waals surface area contributed by atoms with Crippen LogP contribution in [0.1, 0.15) is 23.6 Å². The Bertz CT molecular complexity index is 647. The number of aryl methyl sites for hydroxylation is 1. The fraction of sp³-hybridized carbons (Fsp3) is 0.150. The zero-order valence-corrected chi connectivity index (χ0v) is 18.1. The van der Waals surface area contributed by atoms with Crippen LogP contribution in [-0.4, -0.2) is 0 Å². The second-order valence-corrected chi connectivity index (χ2v) is 5.04. The molecular formula is C20H18Cl2Hf. The van der Waals surface area contributed by atoms with E-state index in [0.717, 1.165) is 12.8 Å². The summed E-state index contributed by atoms with van der Waals surface area (Å²) in [5, 5.41) is 0. The molecule has 0 fully saturated rings. The van der Waals surface area contributed by atoms with Gasteiger partial charge in [-0.2, -0.15) is 47.5 Å². The number of hydrogen-bond donors (Lipinski definition) is 0. The van der Waals surface area contributed by atoms with Crippen LogP contribution in [0.5, 0.6) is 0 Å². The van der Waals surface area contributed by atoms with Crippen molar-refractivity contribution in [2.24, 2.45) is 0 Å². The van der Waals surface area contributed by atoms with Crippen molar-refractivity contribution in [2.45, 2.75) is 19.8 Å². The van der Waals surface area contributed by atoms with Gasteiger partial charge in [0.1, 0.15) is 0 Å². The molecule has 1 aliphatic rings. The molecule has 116 valence electrons. The van der Waals surface area contributed by atoms with Crippen molar-refractivity contribution in [1.82, 2.24) is 0 Å². The van der Waals surface area contributed by atoms with Gasteiger partial charge in [0.2, 0.25) is 0 Å². The number of halogens is 2. The third-order valence-electron chi connectivity index (χ3n) is 3.76. The molecule has 0 amide bonds. The molecule has 0 unspecified atom stereocenters. The molecule has 4 rings (SSSR count). The van der Waals surface area contributed by atoms with E-state index in [4.69, 9.17) is 0 Å². The Hall–Kier alpha value is -0.760. The van der Waals surface area contributed by atoms with Crippen molar-refractivity contribution in [1.29, 1.82) is 0 Å². The van der Waals surface area contributed by atoms with E-state index in [-0.39, 0.29) is 50.7 Å². The molecule has 0 aromatic heterocycles. The van der Waals surface area contributed by atoms with Gasteiger partial charge in [-0.25, -0.2) is 12.1 Å². The first kappa shape index (κ1) is 22.2. The normalized spacial score (nSPS) is 9.78. The molecule has 3 heteroatoms. The summed E-state index contributed by atoms with van der Waals surface area (Å²) in [5.41, 5.74) is 6.94. The van der Waals surface area contributed by atoms with E-state index in [1.807, 2.05) is 6.07 Å². The van der Waals surface area contributed by atoms with Gasteiger partial charge in [0.05, 0.1) is 0 Å². The van der Waals surface area contributed by atoms with Gasteiger partial charge in [0.15, 0.2) is 0 Å². The second-order valence-electron chi connectivity index (χ2n) is 5.04. The number of fused-ring (bicyclic) bond motifs is 3. The van der Waals surface area contributed by atoms with Gasteiger partial charge in [0, 0.05) is 0 Å². The topological polar surface area (TPSA) is 0 Å². The van der Waals surface area contributed by atoms with Crippen LogP contribution < -0.4 is 24.8 Å². The summed E-state index contributed by atoms with van der Waals surface area (Å²) in [6.07, 6.45) is 2.21. The van der Waals surface area contributed by atoms with Gasteiger partial charge in [-0.15, -0.1) is 5.56 Å². The van der Waals surface area contributed by atoms with Gasteiger partial charge in [-0.1, -0.05) is 48.7 Å². The third-order valence-corrected chi connectivity index (χ3v) is 3.76. The van der Waals surface area contributed by atoms with Crippen LogP contribution in [0, 0.1) is 6.07 Å². The average molecular weight is 508 g/mol. The Kier molecular flexibility index (Phi) is 10.6. The van der Waals surface area contributed by atoms with Crippen molar-refractivity contribution >= 4 is 0 Å². The summed E-state index contributed by atoms with van der Waals surface area (Å²) >= 11 is 0. The van der Waals surface area contributed by atoms with Crippen LogP contribution in [0.4, 0.5) is 0 Å². The van der Waals surface area contributed by atoms with Crippen molar-refractivity contribution in [3.05, 3.63) is 89.5 Å². The maximum absolute atomic E-state index is 3.30. The first-order valence-corrected chi connectivity index (χ1v) is 7.17. The molecule has 0 spiro atoms. The zero-order valence-electron chi connectivity index (χ0n) is 13.0. The first-order valence-electron chi connectivity index (χ1n) is 7.17. The largest absolute Gasteiger partial charge is 4.00 e. The van der Waals surface area contributed by atoms with Crippen molar-refractivity contribution < 1.29 is 50.7 Å². The molecule has 0 heterocycles. The standard InChI is InChI=1S/C13H9.C7H9.2ClH.Hf/c1-3-7-12-10(5-1)9-11-6-2-4-8-13(11)12;1-2-7-5-3-4-6-7;;;/h1-5,7-8H,9H2;3-6H,2H2,1H3;2*1H;/q2*-1;;;+4/p-2. The maximum atomic E-state index is 3.30. The smallest absolute Gasteiger partial charge is 1.00 e. The van der Waals surface area contributed by atoms with Crippen LogP contribution in [0.3, 0.4) is 0 Å². The predicted molar refractivity (Wildman–Crippen MR) is 84.9 cm³/mol. The second kappa shape index (κ2) is 10.9. The summed E-state index contributed by atoms with van der Waals surface area (Å²) in [4.78, 5) is 0. The quantitative estimate of drug-likeness (QED) is 0.230. The molecule has 0 atom stereocenters. The Morgan fingerprint density at radius 2 is 1.57 bits per heavy atom. The Morgan fingerprint density at radius 3 is 2.22 bits per heavy atom. The van der Waals surface area contributed by atoms with E-state index in [2.05, 4.69) is 73.7 Å². The minimum Gasteiger partial charge on any atom is -1.00 e. The van der Waals surface area contributed by atoms with Gasteiger partial charge >= 0.3 is 25.8 Å². The van der Waals surface area contributed by atoms with Crippen molar-refractivity contribution in [3.8, 4) is 11.1 Å². The monoisotopic (exact) mass is 508 g/mol. The van der Waals surface area contributed by atoms with Crippen LogP contribution in [0.2, 0.25) is 0 Å². The summed E-state index contributed by atoms with van der Waals surface area (Å²) in [6.45, 7) is 2.16. The summed E-state index contributed by atoms with van der Waals surface area (Å²) in [7, 11) is 0. The van der Waals surface area contributed by atoms with E-state index in [0.29, 0.717) is 0 Å². The molecule has 0 radical (unpaired) electrons. The van der Waals surface area contributed by atoms with Crippen LogP contribution in [-0.2, 0) is 38.7 Å². The fourth-order valence-electron chi connectivity index (χ4n) is 2.65.